The summed E-state index contributed by atoms with van der Waals surface area (Å²) in [5.41, 5.74) is -0.311. The number of benzene rings is 1. The third kappa shape index (κ3) is 4.32. The van der Waals surface area contributed by atoms with Gasteiger partial charge in [-0.3, -0.25) is 14.9 Å². The van der Waals surface area contributed by atoms with Crippen LogP contribution in [0.5, 0.6) is 0 Å². The molecule has 0 aliphatic heterocycles. The molecule has 1 atom stereocenters. The minimum atomic E-state index is -1.07. The van der Waals surface area contributed by atoms with Crippen LogP contribution in [0.4, 0.5) is 5.69 Å². The van der Waals surface area contributed by atoms with Gasteiger partial charge < -0.3 is 14.5 Å². The van der Waals surface area contributed by atoms with Crippen molar-refractivity contribution in [3.63, 3.8) is 0 Å². The van der Waals surface area contributed by atoms with Gasteiger partial charge in [0.15, 0.2) is 6.10 Å². The van der Waals surface area contributed by atoms with Gasteiger partial charge in [0, 0.05) is 12.1 Å². The van der Waals surface area contributed by atoms with Crippen molar-refractivity contribution in [2.45, 2.75) is 19.6 Å². The number of nitro groups is 1. The second kappa shape index (κ2) is 7.60. The molecule has 1 aromatic carbocycles. The summed E-state index contributed by atoms with van der Waals surface area (Å²) in [6.07, 6.45) is 0.403. The van der Waals surface area contributed by atoms with Crippen molar-refractivity contribution in [2.75, 3.05) is 0 Å². The van der Waals surface area contributed by atoms with Crippen LogP contribution in [0.3, 0.4) is 0 Å². The fraction of sp³-hybridized carbons (Fsp3) is 0.200. The molecular formula is C15H13ClN2O6. The topological polar surface area (TPSA) is 112 Å². The number of hydrogen-bond acceptors (Lipinski definition) is 6. The van der Waals surface area contributed by atoms with Crippen LogP contribution in [0, 0.1) is 10.1 Å². The number of rotatable bonds is 6. The van der Waals surface area contributed by atoms with Gasteiger partial charge in [-0.15, -0.1) is 0 Å². The van der Waals surface area contributed by atoms with Crippen molar-refractivity contribution in [2.24, 2.45) is 0 Å². The van der Waals surface area contributed by atoms with Crippen LogP contribution in [0.2, 0.25) is 5.02 Å². The number of carbonyl (C=O) groups is 2. The van der Waals surface area contributed by atoms with Crippen LogP contribution >= 0.6 is 11.6 Å². The van der Waals surface area contributed by atoms with E-state index in [0.717, 1.165) is 12.1 Å². The summed E-state index contributed by atoms with van der Waals surface area (Å²) in [4.78, 5) is 33.9. The lowest BCUT2D eigenvalue weighted by atomic mass is 10.2. The zero-order valence-electron chi connectivity index (χ0n) is 12.5. The highest BCUT2D eigenvalue weighted by molar-refractivity contribution is 6.33. The lowest BCUT2D eigenvalue weighted by Gasteiger charge is -2.13. The molecule has 0 fully saturated rings. The molecule has 1 heterocycles. The predicted molar refractivity (Wildman–Crippen MR) is 83.5 cm³/mol. The van der Waals surface area contributed by atoms with Crippen molar-refractivity contribution in [1.82, 2.24) is 5.32 Å². The van der Waals surface area contributed by atoms with Gasteiger partial charge >= 0.3 is 5.97 Å². The Labute approximate surface area is 141 Å². The van der Waals surface area contributed by atoms with E-state index in [9.17, 15) is 19.7 Å². The van der Waals surface area contributed by atoms with Gasteiger partial charge in [-0.05, 0) is 25.1 Å². The Morgan fingerprint density at radius 3 is 2.75 bits per heavy atom. The summed E-state index contributed by atoms with van der Waals surface area (Å²) >= 11 is 5.84. The normalized spacial score (nSPS) is 11.6. The highest BCUT2D eigenvalue weighted by Gasteiger charge is 2.22. The Balaban J connectivity index is 1.95. The maximum Gasteiger partial charge on any atom is 0.340 e. The molecule has 0 aliphatic carbocycles. The van der Waals surface area contributed by atoms with E-state index in [-0.39, 0.29) is 22.8 Å². The number of esters is 1. The third-order valence-corrected chi connectivity index (χ3v) is 3.37. The number of carbonyl (C=O) groups excluding carboxylic acids is 2. The van der Waals surface area contributed by atoms with Crippen LogP contribution in [0.1, 0.15) is 23.0 Å². The van der Waals surface area contributed by atoms with Crippen molar-refractivity contribution < 1.29 is 23.7 Å². The fourth-order valence-corrected chi connectivity index (χ4v) is 2.04. The van der Waals surface area contributed by atoms with Crippen molar-refractivity contribution >= 4 is 29.2 Å². The second-order valence-corrected chi connectivity index (χ2v) is 5.17. The monoisotopic (exact) mass is 352 g/mol. The molecule has 1 N–H and O–H groups in total. The number of amides is 1. The number of nitrogens with one attached hydrogen (secondary N) is 1. The highest BCUT2D eigenvalue weighted by Crippen LogP contribution is 2.23. The molecule has 9 heteroatoms. The van der Waals surface area contributed by atoms with E-state index in [1.54, 1.807) is 12.1 Å². The number of non-ortho nitro benzene ring substituents is 1. The summed E-state index contributed by atoms with van der Waals surface area (Å²) in [6.45, 7) is 1.56. The molecule has 8 nitrogen and oxygen atoms in total. The van der Waals surface area contributed by atoms with Gasteiger partial charge in [0.05, 0.1) is 28.3 Å². The van der Waals surface area contributed by atoms with Crippen LogP contribution in [0.15, 0.2) is 41.0 Å². The molecule has 1 aromatic heterocycles. The molecule has 126 valence electrons. The first-order valence-electron chi connectivity index (χ1n) is 6.83. The molecule has 1 amide bonds. The maximum atomic E-state index is 12.0. The summed E-state index contributed by atoms with van der Waals surface area (Å²) in [7, 11) is 0. The molecule has 0 spiro atoms. The van der Waals surface area contributed by atoms with Gasteiger partial charge in [0.25, 0.3) is 11.6 Å². The van der Waals surface area contributed by atoms with Crippen molar-refractivity contribution in [3.8, 4) is 0 Å². The third-order valence-electron chi connectivity index (χ3n) is 3.05. The first-order valence-corrected chi connectivity index (χ1v) is 7.21. The summed E-state index contributed by atoms with van der Waals surface area (Å²) in [5.74, 6) is -0.811. The van der Waals surface area contributed by atoms with Crippen molar-refractivity contribution in [1.29, 1.82) is 0 Å². The highest BCUT2D eigenvalue weighted by atomic mass is 35.5. The quantitative estimate of drug-likeness (QED) is 0.486. The van der Waals surface area contributed by atoms with Crippen LogP contribution in [-0.2, 0) is 16.1 Å². The Morgan fingerprint density at radius 2 is 2.17 bits per heavy atom. The lowest BCUT2D eigenvalue weighted by Crippen LogP contribution is -2.35. The number of nitrogens with zero attached hydrogens (tertiary/aromatic N) is 1. The Morgan fingerprint density at radius 1 is 1.42 bits per heavy atom. The van der Waals surface area contributed by atoms with Gasteiger partial charge in [0.1, 0.15) is 5.76 Å². The van der Waals surface area contributed by atoms with Crippen LogP contribution in [-0.4, -0.2) is 22.9 Å². The number of halogens is 1. The number of furan rings is 1. The molecule has 2 aromatic rings. The number of hydrogen-bond donors (Lipinski definition) is 1. The summed E-state index contributed by atoms with van der Waals surface area (Å²) in [5, 5.41) is 13.1. The maximum absolute atomic E-state index is 12.0. The largest absolute Gasteiger partial charge is 0.467 e. The Hall–Kier alpha value is -2.87. The first kappa shape index (κ1) is 17.5. The van der Waals surface area contributed by atoms with Crippen molar-refractivity contribution in [3.05, 3.63) is 63.1 Å². The Kier molecular flexibility index (Phi) is 5.54. The lowest BCUT2D eigenvalue weighted by molar-refractivity contribution is -0.384. The minimum absolute atomic E-state index is 0.0621. The zero-order chi connectivity index (χ0) is 17.7. The molecule has 0 saturated heterocycles. The minimum Gasteiger partial charge on any atom is -0.467 e. The van der Waals surface area contributed by atoms with E-state index in [0.29, 0.717) is 5.76 Å². The van der Waals surface area contributed by atoms with E-state index >= 15 is 0 Å². The molecule has 0 bridgehead atoms. The van der Waals surface area contributed by atoms with E-state index in [4.69, 9.17) is 20.8 Å². The predicted octanol–water partition coefficient (Wildman–Crippen LogP) is 2.70. The molecule has 2 rings (SSSR count). The van der Waals surface area contributed by atoms with Gasteiger partial charge in [-0.2, -0.15) is 0 Å². The number of nitro benzene ring substituents is 1. The van der Waals surface area contributed by atoms with Crippen LogP contribution in [0.25, 0.3) is 0 Å². The first-order chi connectivity index (χ1) is 11.4. The van der Waals surface area contributed by atoms with Gasteiger partial charge in [0.2, 0.25) is 0 Å². The van der Waals surface area contributed by atoms with E-state index in [1.165, 1.54) is 19.3 Å². The molecule has 0 unspecified atom stereocenters. The summed E-state index contributed by atoms with van der Waals surface area (Å²) in [6, 6.07) is 6.72. The standard InChI is InChI=1S/C15H13ClN2O6/c1-9(14(19)17-8-11-3-2-6-23-11)24-15(20)12-5-4-10(18(21)22)7-13(12)16/h2-7,9H,8H2,1H3,(H,17,19)/t9-/m1/s1. The molecule has 0 saturated carbocycles. The summed E-state index contributed by atoms with van der Waals surface area (Å²) < 4.78 is 10.1. The smallest absolute Gasteiger partial charge is 0.340 e. The average Bonchev–Trinajstić information content (AvgIpc) is 3.05. The molecule has 24 heavy (non-hydrogen) atoms. The average molecular weight is 353 g/mol. The second-order valence-electron chi connectivity index (χ2n) is 4.77. The molecule has 0 radical (unpaired) electrons. The Bertz CT molecular complexity index is 759. The van der Waals surface area contributed by atoms with Gasteiger partial charge in [-0.25, -0.2) is 4.79 Å². The number of ether oxygens (including phenoxy) is 1. The van der Waals surface area contributed by atoms with Gasteiger partial charge in [-0.1, -0.05) is 11.6 Å². The van der Waals surface area contributed by atoms with E-state index in [2.05, 4.69) is 5.32 Å². The zero-order valence-corrected chi connectivity index (χ0v) is 13.3. The molecule has 0 aliphatic rings. The van der Waals surface area contributed by atoms with E-state index in [1.807, 2.05) is 0 Å². The van der Waals surface area contributed by atoms with E-state index < -0.39 is 22.9 Å². The van der Waals surface area contributed by atoms with Crippen LogP contribution < -0.4 is 5.32 Å². The SMILES string of the molecule is C[C@@H](OC(=O)c1ccc([N+](=O)[O-])cc1Cl)C(=O)NCc1ccco1. The molecular weight excluding hydrogens is 340 g/mol. The fourth-order valence-electron chi connectivity index (χ4n) is 1.79.